The predicted octanol–water partition coefficient (Wildman–Crippen LogP) is 3.29. The summed E-state index contributed by atoms with van der Waals surface area (Å²) >= 11 is 12.1. The number of carboxylic acid groups (broad SMARTS) is 1. The average Bonchev–Trinajstić information content (AvgIpc) is 3.33. The average molecular weight is 574 g/mol. The number of pyridine rings is 1. The third-order valence-corrected chi connectivity index (χ3v) is 6.93. The van der Waals surface area contributed by atoms with E-state index in [-0.39, 0.29) is 45.0 Å². The van der Waals surface area contributed by atoms with Crippen molar-refractivity contribution in [3.05, 3.63) is 78.3 Å². The summed E-state index contributed by atoms with van der Waals surface area (Å²) in [6, 6.07) is 5.24. The minimum atomic E-state index is -1.13. The van der Waals surface area contributed by atoms with Crippen LogP contribution in [-0.4, -0.2) is 52.4 Å². The fourth-order valence-electron chi connectivity index (χ4n) is 4.31. The van der Waals surface area contributed by atoms with Crippen molar-refractivity contribution in [1.29, 1.82) is 0 Å². The molecule has 1 aromatic heterocycles. The maximum absolute atomic E-state index is 12.7. The van der Waals surface area contributed by atoms with E-state index in [1.165, 1.54) is 24.5 Å². The Bertz CT molecular complexity index is 1450. The smallest absolute Gasteiger partial charge is 0.305 e. The van der Waals surface area contributed by atoms with Crippen molar-refractivity contribution in [2.75, 3.05) is 35.6 Å². The highest BCUT2D eigenvalue weighted by Gasteiger charge is 2.26. The zero-order chi connectivity index (χ0) is 28.1. The Morgan fingerprint density at radius 1 is 1.00 bits per heavy atom. The van der Waals surface area contributed by atoms with Crippen molar-refractivity contribution in [2.24, 2.45) is 0 Å². The molecule has 0 aliphatic carbocycles. The Morgan fingerprint density at radius 2 is 1.67 bits per heavy atom. The van der Waals surface area contributed by atoms with Gasteiger partial charge in [0.2, 0.25) is 5.91 Å². The molecule has 204 valence electrons. The van der Waals surface area contributed by atoms with Gasteiger partial charge in [-0.1, -0.05) is 35.3 Å². The largest absolute Gasteiger partial charge is 0.481 e. The molecule has 1 unspecified atom stereocenters. The molecule has 39 heavy (non-hydrogen) atoms. The fourth-order valence-corrected chi connectivity index (χ4v) is 4.77. The molecule has 0 saturated carbocycles. The monoisotopic (exact) mass is 573 g/mol. The molecule has 1 aliphatic heterocycles. The third kappa shape index (κ3) is 6.55. The molecular weight excluding hydrogens is 549 g/mol. The summed E-state index contributed by atoms with van der Waals surface area (Å²) in [5.74, 6) is -1.51. The molecule has 4 rings (SSSR count). The van der Waals surface area contributed by atoms with Gasteiger partial charge in [-0.05, 0) is 30.5 Å². The second-order valence-corrected chi connectivity index (χ2v) is 9.84. The van der Waals surface area contributed by atoms with Gasteiger partial charge >= 0.3 is 5.97 Å². The van der Waals surface area contributed by atoms with Crippen molar-refractivity contribution < 1.29 is 19.5 Å². The number of anilines is 3. The summed E-state index contributed by atoms with van der Waals surface area (Å²) in [4.78, 5) is 66.0. The highest BCUT2D eigenvalue weighted by atomic mass is 35.5. The van der Waals surface area contributed by atoms with E-state index in [4.69, 9.17) is 23.2 Å². The van der Waals surface area contributed by atoms with Gasteiger partial charge in [-0.25, -0.2) is 0 Å². The lowest BCUT2D eigenvalue weighted by Gasteiger charge is -2.22. The molecule has 1 atom stereocenters. The molecule has 11 nitrogen and oxygen atoms in total. The van der Waals surface area contributed by atoms with E-state index in [0.29, 0.717) is 38.0 Å². The number of hydrogen-bond donors (Lipinski definition) is 4. The van der Waals surface area contributed by atoms with Crippen LogP contribution in [-0.2, 0) is 9.59 Å². The maximum Gasteiger partial charge on any atom is 0.305 e. The van der Waals surface area contributed by atoms with Gasteiger partial charge in [-0.15, -0.1) is 0 Å². The molecule has 0 radical (unpaired) electrons. The molecule has 3 aromatic rings. The Morgan fingerprint density at radius 3 is 2.28 bits per heavy atom. The Labute approximate surface area is 232 Å². The molecule has 2 amide bonds. The first kappa shape index (κ1) is 28.1. The second-order valence-electron chi connectivity index (χ2n) is 9.02. The number of likely N-dealkylation sites (tertiary alicyclic amines) is 1. The van der Waals surface area contributed by atoms with Crippen molar-refractivity contribution in [3.63, 3.8) is 0 Å². The minimum absolute atomic E-state index is 0.00675. The van der Waals surface area contributed by atoms with E-state index < -0.39 is 28.8 Å². The van der Waals surface area contributed by atoms with Crippen LogP contribution in [0.5, 0.6) is 0 Å². The van der Waals surface area contributed by atoms with Crippen molar-refractivity contribution in [3.8, 4) is 0 Å². The molecule has 4 N–H and O–H groups in total. The van der Waals surface area contributed by atoms with E-state index in [0.717, 1.165) is 6.42 Å². The number of carbonyl (C=O) groups is 3. The molecule has 1 aliphatic rings. The zero-order valence-corrected chi connectivity index (χ0v) is 22.1. The Balaban J connectivity index is 1.43. The first-order valence-corrected chi connectivity index (χ1v) is 12.9. The number of aliphatic carboxylic acids is 1. The lowest BCUT2D eigenvalue weighted by Crippen LogP contribution is -2.39. The van der Waals surface area contributed by atoms with E-state index >= 15 is 0 Å². The third-order valence-electron chi connectivity index (χ3n) is 6.35. The minimum Gasteiger partial charge on any atom is -0.481 e. The van der Waals surface area contributed by atoms with E-state index in [2.05, 4.69) is 20.9 Å². The van der Waals surface area contributed by atoms with Gasteiger partial charge in [0.05, 0.1) is 28.2 Å². The molecule has 2 heterocycles. The molecule has 1 saturated heterocycles. The molecule has 0 spiro atoms. The predicted molar refractivity (Wildman–Crippen MR) is 148 cm³/mol. The number of nitrogens with one attached hydrogen (secondary N) is 3. The summed E-state index contributed by atoms with van der Waals surface area (Å²) in [6.45, 7) is 1.63. The zero-order valence-electron chi connectivity index (χ0n) is 20.6. The lowest BCUT2D eigenvalue weighted by molar-refractivity contribution is -0.137. The molecule has 0 bridgehead atoms. The van der Waals surface area contributed by atoms with Crippen LogP contribution in [0.4, 0.5) is 17.1 Å². The van der Waals surface area contributed by atoms with Gasteiger partial charge < -0.3 is 26.0 Å². The number of nitrogens with zero attached hydrogens (tertiary/aromatic N) is 2. The number of rotatable bonds is 12. The van der Waals surface area contributed by atoms with Gasteiger partial charge in [0.25, 0.3) is 16.8 Å². The number of halogens is 2. The Kier molecular flexibility index (Phi) is 8.82. The fraction of sp³-hybridized carbons (Fsp3) is 0.308. The maximum atomic E-state index is 12.7. The van der Waals surface area contributed by atoms with E-state index in [1.807, 2.05) is 0 Å². The van der Waals surface area contributed by atoms with Crippen LogP contribution in [0.3, 0.4) is 0 Å². The van der Waals surface area contributed by atoms with Crippen molar-refractivity contribution >= 4 is 58.0 Å². The number of carboxylic acids is 1. The molecule has 1 fully saturated rings. The van der Waals surface area contributed by atoms with Gasteiger partial charge in [0.1, 0.15) is 11.4 Å². The summed E-state index contributed by atoms with van der Waals surface area (Å²) in [5, 5.41) is 18.2. The van der Waals surface area contributed by atoms with E-state index in [9.17, 15) is 29.1 Å². The summed E-state index contributed by atoms with van der Waals surface area (Å²) in [5.41, 5.74) is -0.392. The second kappa shape index (κ2) is 12.3. The number of hydrogen-bond acceptors (Lipinski definition) is 8. The van der Waals surface area contributed by atoms with Crippen LogP contribution < -0.4 is 26.8 Å². The summed E-state index contributed by atoms with van der Waals surface area (Å²) in [7, 11) is 0. The number of aromatic nitrogens is 1. The Hall–Kier alpha value is -3.96. The van der Waals surface area contributed by atoms with Gasteiger partial charge in [-0.2, -0.15) is 0 Å². The van der Waals surface area contributed by atoms with Crippen LogP contribution in [0.1, 0.15) is 47.6 Å². The highest BCUT2D eigenvalue weighted by Crippen LogP contribution is 2.30. The van der Waals surface area contributed by atoms with Gasteiger partial charge in [-0.3, -0.25) is 29.0 Å². The van der Waals surface area contributed by atoms with Crippen molar-refractivity contribution in [1.82, 2.24) is 9.88 Å². The van der Waals surface area contributed by atoms with Gasteiger partial charge in [0.15, 0.2) is 0 Å². The molecule has 2 aromatic carbocycles. The summed E-state index contributed by atoms with van der Waals surface area (Å²) < 4.78 is 0. The van der Waals surface area contributed by atoms with Crippen LogP contribution >= 0.6 is 23.2 Å². The molecular formula is C26H25Cl2N5O6. The molecule has 13 heteroatoms. The standard InChI is InChI=1S/C26H25Cl2N5O6/c27-16-12-29-13-17(28)21(16)32-26(39)15-6-4-14(5-7-15)18(11-20(35)36)31-23-22(24(37)25(23)38)30-8-2-10-33-9-1-3-19(33)34/h4-7,12-13,18,30-31H,1-3,8-11H2,(H,35,36)(H,29,32,39). The van der Waals surface area contributed by atoms with Gasteiger partial charge in [0, 0.05) is 44.0 Å². The van der Waals surface area contributed by atoms with Crippen LogP contribution in [0.25, 0.3) is 0 Å². The van der Waals surface area contributed by atoms with Crippen LogP contribution in [0.15, 0.2) is 46.2 Å². The van der Waals surface area contributed by atoms with Crippen molar-refractivity contribution in [2.45, 2.75) is 31.7 Å². The number of carbonyl (C=O) groups excluding carboxylic acids is 2. The first-order valence-electron chi connectivity index (χ1n) is 12.2. The number of amides is 2. The topological polar surface area (TPSA) is 158 Å². The van der Waals surface area contributed by atoms with Crippen LogP contribution in [0, 0.1) is 0 Å². The SMILES string of the molecule is O=C(O)CC(Nc1c(NCCCN2CCCC2=O)c(=O)c1=O)c1ccc(C(=O)Nc2c(Cl)cncc2Cl)cc1. The quantitative estimate of drug-likeness (QED) is 0.188. The summed E-state index contributed by atoms with van der Waals surface area (Å²) in [6.07, 6.45) is 4.26. The number of benzene rings is 1. The highest BCUT2D eigenvalue weighted by molar-refractivity contribution is 6.39. The normalized spacial score (nSPS) is 13.9. The van der Waals surface area contributed by atoms with E-state index in [1.54, 1.807) is 17.0 Å². The first-order chi connectivity index (χ1) is 18.7. The van der Waals surface area contributed by atoms with Crippen LogP contribution in [0.2, 0.25) is 10.0 Å². The lowest BCUT2D eigenvalue weighted by atomic mass is 10.0.